The topological polar surface area (TPSA) is 88.1 Å². The van der Waals surface area contributed by atoms with Crippen molar-refractivity contribution in [3.63, 3.8) is 0 Å². The third-order valence-corrected chi connectivity index (χ3v) is 3.82. The number of morpholine rings is 1. The first-order valence-electron chi connectivity index (χ1n) is 7.51. The second-order valence-electron chi connectivity index (χ2n) is 5.97. The molecule has 0 saturated carbocycles. The molecule has 1 saturated heterocycles. The van der Waals surface area contributed by atoms with Gasteiger partial charge in [0.25, 0.3) is 0 Å². The number of amidine groups is 1. The van der Waals surface area contributed by atoms with Crippen molar-refractivity contribution in [2.75, 3.05) is 24.6 Å². The summed E-state index contributed by atoms with van der Waals surface area (Å²) in [7, 11) is 0. The first-order chi connectivity index (χ1) is 9.89. The Morgan fingerprint density at radius 3 is 2.57 bits per heavy atom. The van der Waals surface area contributed by atoms with Crippen LogP contribution in [-0.4, -0.2) is 41.3 Å². The summed E-state index contributed by atoms with van der Waals surface area (Å²) >= 11 is 0. The molecule has 6 nitrogen and oxygen atoms in total. The first kappa shape index (κ1) is 15.7. The van der Waals surface area contributed by atoms with Crippen molar-refractivity contribution in [1.82, 2.24) is 10.2 Å². The Kier molecular flexibility index (Phi) is 4.46. The summed E-state index contributed by atoms with van der Waals surface area (Å²) in [5, 5.41) is 16.7. The summed E-state index contributed by atoms with van der Waals surface area (Å²) in [6, 6.07) is 0. The van der Waals surface area contributed by atoms with Gasteiger partial charge in [0.15, 0.2) is 5.82 Å². The molecule has 0 amide bonds. The quantitative estimate of drug-likeness (QED) is 0.648. The highest BCUT2D eigenvalue weighted by molar-refractivity contribution is 6.01. The molecule has 0 bridgehead atoms. The second-order valence-corrected chi connectivity index (χ2v) is 5.97. The van der Waals surface area contributed by atoms with Crippen molar-refractivity contribution < 1.29 is 4.74 Å². The minimum absolute atomic E-state index is 0.0655. The average Bonchev–Trinajstić information content (AvgIpc) is 2.44. The van der Waals surface area contributed by atoms with Gasteiger partial charge < -0.3 is 15.4 Å². The average molecular weight is 291 g/mol. The predicted octanol–water partition coefficient (Wildman–Crippen LogP) is 1.50. The number of hydrogen-bond donors (Lipinski definition) is 2. The van der Waals surface area contributed by atoms with E-state index in [2.05, 4.69) is 35.9 Å². The highest BCUT2D eigenvalue weighted by atomic mass is 16.5. The number of anilines is 1. The lowest BCUT2D eigenvalue weighted by Gasteiger charge is -2.39. The molecule has 1 aliphatic rings. The molecular formula is C15H25N5O. The van der Waals surface area contributed by atoms with Gasteiger partial charge in [-0.05, 0) is 32.3 Å². The largest absolute Gasteiger partial charge is 0.384 e. The zero-order valence-electron chi connectivity index (χ0n) is 13.4. The Bertz CT molecular complexity index is 541. The van der Waals surface area contributed by atoms with E-state index >= 15 is 0 Å². The monoisotopic (exact) mass is 291 g/mol. The van der Waals surface area contributed by atoms with Crippen LogP contribution in [0, 0.1) is 5.41 Å². The Morgan fingerprint density at radius 1 is 1.33 bits per heavy atom. The standard InChI is InChI=1S/C15H25N5O/c1-5-10-11(6-2)18-19-14(12(10)13(16)17)20-7-8-21-15(3,4)9-20/h5-9H2,1-4H3,(H3,16,17). The van der Waals surface area contributed by atoms with Crippen LogP contribution in [0.5, 0.6) is 0 Å². The van der Waals surface area contributed by atoms with Crippen molar-refractivity contribution >= 4 is 11.7 Å². The maximum absolute atomic E-state index is 7.96. The van der Waals surface area contributed by atoms with Crippen LogP contribution in [-0.2, 0) is 17.6 Å². The molecule has 1 aromatic heterocycles. The van der Waals surface area contributed by atoms with Crippen LogP contribution < -0.4 is 10.6 Å². The highest BCUT2D eigenvalue weighted by Gasteiger charge is 2.30. The van der Waals surface area contributed by atoms with Gasteiger partial charge in [0.2, 0.25) is 0 Å². The summed E-state index contributed by atoms with van der Waals surface area (Å²) in [5.41, 5.74) is 8.32. The third-order valence-electron chi connectivity index (χ3n) is 3.82. The van der Waals surface area contributed by atoms with E-state index in [4.69, 9.17) is 15.9 Å². The number of nitrogen functional groups attached to an aromatic ring is 1. The van der Waals surface area contributed by atoms with Gasteiger partial charge >= 0.3 is 0 Å². The number of aryl methyl sites for hydroxylation is 1. The van der Waals surface area contributed by atoms with Gasteiger partial charge in [0.1, 0.15) is 5.84 Å². The fraction of sp³-hybridized carbons (Fsp3) is 0.667. The van der Waals surface area contributed by atoms with Crippen molar-refractivity contribution in [3.8, 4) is 0 Å². The van der Waals surface area contributed by atoms with Gasteiger partial charge in [-0.1, -0.05) is 13.8 Å². The van der Waals surface area contributed by atoms with Crippen LogP contribution in [0.4, 0.5) is 5.82 Å². The van der Waals surface area contributed by atoms with E-state index in [9.17, 15) is 0 Å². The molecule has 116 valence electrons. The Balaban J connectivity index is 2.50. The second kappa shape index (κ2) is 5.97. The maximum Gasteiger partial charge on any atom is 0.162 e. The SMILES string of the molecule is CCc1nnc(N2CCOC(C)(C)C2)c(C(=N)N)c1CC. The van der Waals surface area contributed by atoms with E-state index in [1.165, 1.54) is 0 Å². The minimum atomic E-state index is -0.232. The zero-order chi connectivity index (χ0) is 15.6. The van der Waals surface area contributed by atoms with Crippen molar-refractivity contribution in [1.29, 1.82) is 5.41 Å². The number of ether oxygens (including phenoxy) is 1. The summed E-state index contributed by atoms with van der Waals surface area (Å²) in [5.74, 6) is 0.781. The van der Waals surface area contributed by atoms with E-state index in [0.29, 0.717) is 12.4 Å². The minimum Gasteiger partial charge on any atom is -0.384 e. The molecule has 0 aliphatic carbocycles. The van der Waals surface area contributed by atoms with E-state index in [1.54, 1.807) is 0 Å². The van der Waals surface area contributed by atoms with Gasteiger partial charge in [-0.15, -0.1) is 5.10 Å². The van der Waals surface area contributed by atoms with E-state index in [0.717, 1.165) is 42.8 Å². The van der Waals surface area contributed by atoms with Gasteiger partial charge in [-0.25, -0.2) is 0 Å². The summed E-state index contributed by atoms with van der Waals surface area (Å²) in [4.78, 5) is 2.13. The fourth-order valence-corrected chi connectivity index (χ4v) is 2.86. The molecule has 1 aliphatic heterocycles. The summed E-state index contributed by atoms with van der Waals surface area (Å²) < 4.78 is 5.74. The van der Waals surface area contributed by atoms with Crippen molar-refractivity contribution in [2.24, 2.45) is 5.73 Å². The Hall–Kier alpha value is -1.69. The van der Waals surface area contributed by atoms with Crippen LogP contribution in [0.25, 0.3) is 0 Å². The lowest BCUT2D eigenvalue weighted by Crippen LogP contribution is -2.49. The molecule has 0 unspecified atom stereocenters. The number of nitrogens with two attached hydrogens (primary N) is 1. The number of aromatic nitrogens is 2. The number of nitrogens with one attached hydrogen (secondary N) is 1. The van der Waals surface area contributed by atoms with Gasteiger partial charge in [-0.3, -0.25) is 5.41 Å². The van der Waals surface area contributed by atoms with E-state index in [1.807, 2.05) is 6.92 Å². The van der Waals surface area contributed by atoms with E-state index < -0.39 is 0 Å². The van der Waals surface area contributed by atoms with Gasteiger partial charge in [0, 0.05) is 13.1 Å². The Labute approximate surface area is 126 Å². The lowest BCUT2D eigenvalue weighted by atomic mass is 10.0. The third kappa shape index (κ3) is 3.15. The lowest BCUT2D eigenvalue weighted by molar-refractivity contribution is -0.0279. The molecular weight excluding hydrogens is 266 g/mol. The molecule has 2 heterocycles. The number of hydrogen-bond acceptors (Lipinski definition) is 5. The molecule has 3 N–H and O–H groups in total. The summed E-state index contributed by atoms with van der Waals surface area (Å²) in [6.07, 6.45) is 1.60. The van der Waals surface area contributed by atoms with Crippen LogP contribution in [0.15, 0.2) is 0 Å². The summed E-state index contributed by atoms with van der Waals surface area (Å²) in [6.45, 7) is 10.3. The predicted molar refractivity (Wildman–Crippen MR) is 84.0 cm³/mol. The molecule has 1 aromatic rings. The molecule has 21 heavy (non-hydrogen) atoms. The molecule has 2 rings (SSSR count). The molecule has 1 fully saturated rings. The molecule has 6 heteroatoms. The number of nitrogens with zero attached hydrogens (tertiary/aromatic N) is 3. The maximum atomic E-state index is 7.96. The van der Waals surface area contributed by atoms with E-state index in [-0.39, 0.29) is 11.4 Å². The smallest absolute Gasteiger partial charge is 0.162 e. The van der Waals surface area contributed by atoms with Crippen LogP contribution in [0.1, 0.15) is 44.5 Å². The first-order valence-corrected chi connectivity index (χ1v) is 7.51. The van der Waals surface area contributed by atoms with Crippen LogP contribution in [0.2, 0.25) is 0 Å². The zero-order valence-corrected chi connectivity index (χ0v) is 13.4. The number of rotatable bonds is 4. The van der Waals surface area contributed by atoms with Gasteiger partial charge in [-0.2, -0.15) is 5.10 Å². The normalized spacial score (nSPS) is 17.8. The van der Waals surface area contributed by atoms with Crippen molar-refractivity contribution in [2.45, 2.75) is 46.1 Å². The molecule has 0 spiro atoms. The molecule has 0 atom stereocenters. The van der Waals surface area contributed by atoms with Gasteiger partial charge in [0.05, 0.1) is 23.5 Å². The molecule has 0 aromatic carbocycles. The van der Waals surface area contributed by atoms with Crippen LogP contribution >= 0.6 is 0 Å². The molecule has 0 radical (unpaired) electrons. The Morgan fingerprint density at radius 2 is 2.05 bits per heavy atom. The van der Waals surface area contributed by atoms with Crippen LogP contribution in [0.3, 0.4) is 0 Å². The highest BCUT2D eigenvalue weighted by Crippen LogP contribution is 2.27. The van der Waals surface area contributed by atoms with Crippen molar-refractivity contribution in [3.05, 3.63) is 16.8 Å². The fourth-order valence-electron chi connectivity index (χ4n) is 2.86.